The normalized spacial score (nSPS) is 24.1. The molecular weight excluding hydrogens is 508 g/mol. The second kappa shape index (κ2) is 9.22. The number of carbonyl (C=O) groups is 4. The zero-order chi connectivity index (χ0) is 27.4. The fourth-order valence-electron chi connectivity index (χ4n) is 5.85. The minimum absolute atomic E-state index is 0.0147. The lowest BCUT2D eigenvalue weighted by Gasteiger charge is -2.37. The zero-order valence-corrected chi connectivity index (χ0v) is 21.8. The highest BCUT2D eigenvalue weighted by atomic mass is 35.5. The Hall–Kier alpha value is -3.75. The van der Waals surface area contributed by atoms with Crippen LogP contribution in [0.25, 0.3) is 5.76 Å². The van der Waals surface area contributed by atoms with Crippen LogP contribution < -0.4 is 0 Å². The monoisotopic (exact) mass is 534 g/mol. The molecule has 0 saturated carbocycles. The maximum absolute atomic E-state index is 14.6. The van der Waals surface area contributed by atoms with Crippen LogP contribution >= 0.6 is 11.6 Å². The fourth-order valence-corrected chi connectivity index (χ4v) is 5.98. The van der Waals surface area contributed by atoms with E-state index in [0.717, 1.165) is 10.5 Å². The van der Waals surface area contributed by atoms with Gasteiger partial charge < -0.3 is 20.0 Å². The van der Waals surface area contributed by atoms with Crippen LogP contribution in [0, 0.1) is 5.41 Å². The number of aliphatic hydroxyl groups excluding tert-OH is 2. The van der Waals surface area contributed by atoms with Crippen molar-refractivity contribution in [2.24, 2.45) is 5.41 Å². The minimum atomic E-state index is -2.18. The van der Waals surface area contributed by atoms with Gasteiger partial charge in [-0.15, -0.1) is 0 Å². The van der Waals surface area contributed by atoms with Crippen molar-refractivity contribution in [1.82, 2.24) is 9.80 Å². The van der Waals surface area contributed by atoms with Gasteiger partial charge in [-0.3, -0.25) is 19.2 Å². The molecule has 8 nitrogen and oxygen atoms in total. The molecule has 1 unspecified atom stereocenters. The van der Waals surface area contributed by atoms with Crippen LogP contribution in [0.1, 0.15) is 37.8 Å². The summed E-state index contributed by atoms with van der Waals surface area (Å²) in [6, 6.07) is 15.1. The molecule has 0 aromatic heterocycles. The van der Waals surface area contributed by atoms with Crippen LogP contribution in [0.3, 0.4) is 0 Å². The Kier molecular flexibility index (Phi) is 6.28. The van der Waals surface area contributed by atoms with Gasteiger partial charge in [-0.1, -0.05) is 55.8 Å². The van der Waals surface area contributed by atoms with E-state index in [4.69, 9.17) is 11.6 Å². The molecule has 1 spiro atoms. The second-order valence-electron chi connectivity index (χ2n) is 10.6. The van der Waals surface area contributed by atoms with Gasteiger partial charge in [-0.05, 0) is 41.7 Å². The number of hydrogen-bond donors (Lipinski definition) is 2. The molecule has 1 atom stereocenters. The molecule has 2 aromatic carbocycles. The summed E-state index contributed by atoms with van der Waals surface area (Å²) in [5.41, 5.74) is -1.74. The Morgan fingerprint density at radius 3 is 2.26 bits per heavy atom. The number of hydrogen-bond acceptors (Lipinski definition) is 6. The molecule has 2 heterocycles. The standard InChI is InChI=1S/C29H27ClN2O6/c1-28(2)14-20-22(21(34)15-28)29(27(38)31(20)16-17-6-4-3-5-7-17)23(25(36)26(37)32(29)12-13-33)24(35)18-8-10-19(30)11-9-18/h3-11,33,35H,12-16H2,1-2H3/b24-23-. The predicted octanol–water partition coefficient (Wildman–Crippen LogP) is 3.44. The highest BCUT2D eigenvalue weighted by molar-refractivity contribution is 6.50. The van der Waals surface area contributed by atoms with Crippen molar-refractivity contribution in [2.75, 3.05) is 13.2 Å². The van der Waals surface area contributed by atoms with Gasteiger partial charge in [-0.2, -0.15) is 0 Å². The highest BCUT2D eigenvalue weighted by Crippen LogP contribution is 2.54. The number of nitrogens with zero attached hydrogens (tertiary/aromatic N) is 2. The molecule has 0 radical (unpaired) electrons. The van der Waals surface area contributed by atoms with Crippen molar-refractivity contribution >= 4 is 40.7 Å². The minimum Gasteiger partial charge on any atom is -0.507 e. The first-order valence-corrected chi connectivity index (χ1v) is 12.7. The van der Waals surface area contributed by atoms with Crippen LogP contribution in [0.4, 0.5) is 0 Å². The van der Waals surface area contributed by atoms with Gasteiger partial charge in [0, 0.05) is 29.2 Å². The van der Waals surface area contributed by atoms with Crippen molar-refractivity contribution in [3.8, 4) is 0 Å². The van der Waals surface area contributed by atoms with Gasteiger partial charge in [0.25, 0.3) is 17.6 Å². The quantitative estimate of drug-likeness (QED) is 0.345. The molecule has 1 fully saturated rings. The van der Waals surface area contributed by atoms with E-state index in [-0.39, 0.29) is 36.4 Å². The molecule has 0 bridgehead atoms. The number of amides is 2. The van der Waals surface area contributed by atoms with Crippen LogP contribution in [0.5, 0.6) is 0 Å². The fraction of sp³-hybridized carbons (Fsp3) is 0.310. The largest absolute Gasteiger partial charge is 0.507 e. The van der Waals surface area contributed by atoms with E-state index in [1.165, 1.54) is 29.2 Å². The van der Waals surface area contributed by atoms with Crippen molar-refractivity contribution in [3.63, 3.8) is 0 Å². The van der Waals surface area contributed by atoms with Crippen molar-refractivity contribution < 1.29 is 29.4 Å². The van der Waals surface area contributed by atoms with Crippen LogP contribution in [-0.4, -0.2) is 62.1 Å². The lowest BCUT2D eigenvalue weighted by atomic mass is 9.70. The molecule has 2 aliphatic heterocycles. The summed E-state index contributed by atoms with van der Waals surface area (Å²) < 4.78 is 0. The molecule has 196 valence electrons. The topological polar surface area (TPSA) is 115 Å². The van der Waals surface area contributed by atoms with E-state index in [1.807, 2.05) is 44.2 Å². The molecular formula is C29H27ClN2O6. The average molecular weight is 535 g/mol. The first-order valence-electron chi connectivity index (χ1n) is 12.3. The Balaban J connectivity index is 1.82. The van der Waals surface area contributed by atoms with E-state index in [1.54, 1.807) is 0 Å². The van der Waals surface area contributed by atoms with Gasteiger partial charge in [0.15, 0.2) is 11.3 Å². The van der Waals surface area contributed by atoms with Gasteiger partial charge in [-0.25, -0.2) is 0 Å². The molecule has 1 aliphatic carbocycles. The summed E-state index contributed by atoms with van der Waals surface area (Å²) in [5, 5.41) is 21.7. The number of carbonyl (C=O) groups excluding carboxylic acids is 4. The Morgan fingerprint density at radius 1 is 0.974 bits per heavy atom. The number of fused-ring (bicyclic) bond motifs is 1. The first-order chi connectivity index (χ1) is 18.0. The van der Waals surface area contributed by atoms with Crippen LogP contribution in [0.15, 0.2) is 71.4 Å². The van der Waals surface area contributed by atoms with Gasteiger partial charge in [0.2, 0.25) is 0 Å². The molecule has 2 aromatic rings. The lowest BCUT2D eigenvalue weighted by molar-refractivity contribution is -0.145. The number of benzene rings is 2. The van der Waals surface area contributed by atoms with Crippen LogP contribution in [0.2, 0.25) is 5.02 Å². The summed E-state index contributed by atoms with van der Waals surface area (Å²) in [4.78, 5) is 57.7. The van der Waals surface area contributed by atoms with Crippen molar-refractivity contribution in [1.29, 1.82) is 0 Å². The van der Waals surface area contributed by atoms with Gasteiger partial charge in [0.05, 0.1) is 24.3 Å². The third-order valence-corrected chi connectivity index (χ3v) is 7.64. The maximum atomic E-state index is 14.6. The number of rotatable bonds is 5. The van der Waals surface area contributed by atoms with E-state index >= 15 is 0 Å². The Bertz CT molecular complexity index is 1430. The number of Topliss-reactive ketones (excluding diaryl/α,β-unsaturated/α-hetero) is 2. The van der Waals surface area contributed by atoms with Gasteiger partial charge in [0.1, 0.15) is 5.76 Å². The summed E-state index contributed by atoms with van der Waals surface area (Å²) >= 11 is 6.00. The lowest BCUT2D eigenvalue weighted by Crippen LogP contribution is -2.57. The van der Waals surface area contributed by atoms with E-state index < -0.39 is 46.5 Å². The number of aliphatic hydroxyl groups is 2. The highest BCUT2D eigenvalue weighted by Gasteiger charge is 2.70. The maximum Gasteiger partial charge on any atom is 0.296 e. The molecule has 5 rings (SSSR count). The SMILES string of the molecule is CC1(C)CC(=O)C2=C(C1)N(Cc1ccccc1)C(=O)C21/C(=C(\O)c2ccc(Cl)cc2)C(=O)C(=O)N1CCO. The summed E-state index contributed by atoms with van der Waals surface area (Å²) in [5.74, 6) is -3.80. The van der Waals surface area contributed by atoms with Crippen molar-refractivity contribution in [2.45, 2.75) is 38.8 Å². The number of halogens is 1. The molecule has 1 saturated heterocycles. The Morgan fingerprint density at radius 2 is 1.63 bits per heavy atom. The third kappa shape index (κ3) is 3.78. The van der Waals surface area contributed by atoms with Gasteiger partial charge >= 0.3 is 0 Å². The molecule has 2 N–H and O–H groups in total. The summed E-state index contributed by atoms with van der Waals surface area (Å²) in [6.07, 6.45) is 0.434. The smallest absolute Gasteiger partial charge is 0.296 e. The second-order valence-corrected chi connectivity index (χ2v) is 11.0. The third-order valence-electron chi connectivity index (χ3n) is 7.39. The zero-order valence-electron chi connectivity index (χ0n) is 21.0. The Labute approximate surface area is 224 Å². The predicted molar refractivity (Wildman–Crippen MR) is 140 cm³/mol. The first kappa shape index (κ1) is 25.9. The van der Waals surface area contributed by atoms with Crippen molar-refractivity contribution in [3.05, 3.63) is 87.6 Å². The number of likely N-dealkylation sites (tertiary alicyclic amines) is 1. The van der Waals surface area contributed by atoms with E-state index in [2.05, 4.69) is 0 Å². The molecule has 3 aliphatic rings. The number of ketones is 2. The van der Waals surface area contributed by atoms with E-state index in [0.29, 0.717) is 17.1 Å². The molecule has 38 heavy (non-hydrogen) atoms. The summed E-state index contributed by atoms with van der Waals surface area (Å²) in [6.45, 7) is 3.02. The molecule has 2 amide bonds. The number of β-amino-alcohol motifs (C(OH)–C–C–N with tert-alkyl or cyclic N) is 1. The van der Waals surface area contributed by atoms with E-state index in [9.17, 15) is 29.4 Å². The van der Waals surface area contributed by atoms with Crippen LogP contribution in [-0.2, 0) is 25.7 Å². The number of allylic oxidation sites excluding steroid dienone is 1. The molecule has 9 heteroatoms. The summed E-state index contributed by atoms with van der Waals surface area (Å²) in [7, 11) is 0. The average Bonchev–Trinajstić information content (AvgIpc) is 3.23.